The standard InChI is InChI=1S/C18H27N7/c1-22-6-10-24(11-7-22)17-18(25-12-8-23(2)9-13-25)21-16-14(19)4-3-5-15(16)20-17/h3-5H,6-13,19H2,1-2H3. The molecule has 3 heterocycles. The van der Waals surface area contributed by atoms with Crippen LogP contribution in [-0.4, -0.2) is 86.2 Å². The van der Waals surface area contributed by atoms with Crippen molar-refractivity contribution in [3.05, 3.63) is 18.2 Å². The highest BCUT2D eigenvalue weighted by atomic mass is 15.3. The van der Waals surface area contributed by atoms with Crippen LogP contribution in [0.2, 0.25) is 0 Å². The molecule has 0 unspecified atom stereocenters. The zero-order valence-corrected chi connectivity index (χ0v) is 15.1. The van der Waals surface area contributed by atoms with E-state index in [4.69, 9.17) is 15.7 Å². The molecule has 0 saturated carbocycles. The highest BCUT2D eigenvalue weighted by Crippen LogP contribution is 2.31. The Kier molecular flexibility index (Phi) is 4.35. The van der Waals surface area contributed by atoms with E-state index >= 15 is 0 Å². The first-order valence-corrected chi connectivity index (χ1v) is 9.05. The minimum absolute atomic E-state index is 0.699. The zero-order valence-electron chi connectivity index (χ0n) is 15.1. The Labute approximate surface area is 149 Å². The lowest BCUT2D eigenvalue weighted by molar-refractivity contribution is 0.308. The number of hydrogen-bond donors (Lipinski definition) is 1. The van der Waals surface area contributed by atoms with Crippen molar-refractivity contribution in [3.8, 4) is 0 Å². The molecule has 4 rings (SSSR count). The first kappa shape index (κ1) is 16.4. The Balaban J connectivity index is 1.77. The summed E-state index contributed by atoms with van der Waals surface area (Å²) in [5.41, 5.74) is 8.57. The van der Waals surface area contributed by atoms with Crippen molar-refractivity contribution in [3.63, 3.8) is 0 Å². The summed E-state index contributed by atoms with van der Waals surface area (Å²) in [5, 5.41) is 0. The quantitative estimate of drug-likeness (QED) is 0.807. The van der Waals surface area contributed by atoms with E-state index in [1.807, 2.05) is 18.2 Å². The van der Waals surface area contributed by atoms with Gasteiger partial charge in [-0.15, -0.1) is 0 Å². The molecule has 0 atom stereocenters. The molecule has 2 N–H and O–H groups in total. The van der Waals surface area contributed by atoms with Crippen LogP contribution in [0.4, 0.5) is 17.3 Å². The van der Waals surface area contributed by atoms with Crippen LogP contribution < -0.4 is 15.5 Å². The summed E-state index contributed by atoms with van der Waals surface area (Å²) in [4.78, 5) is 19.4. The van der Waals surface area contributed by atoms with Gasteiger partial charge in [-0.25, -0.2) is 9.97 Å². The van der Waals surface area contributed by atoms with E-state index in [9.17, 15) is 0 Å². The third-order valence-electron chi connectivity index (χ3n) is 5.30. The zero-order chi connectivity index (χ0) is 17.4. The molecule has 25 heavy (non-hydrogen) atoms. The molecule has 0 spiro atoms. The summed E-state index contributed by atoms with van der Waals surface area (Å²) in [5.74, 6) is 2.00. The molecule has 134 valence electrons. The van der Waals surface area contributed by atoms with Crippen molar-refractivity contribution < 1.29 is 0 Å². The monoisotopic (exact) mass is 341 g/mol. The summed E-state index contributed by atoms with van der Waals surface area (Å²) >= 11 is 0. The Hall–Kier alpha value is -2.12. The predicted octanol–water partition coefficient (Wildman–Crippen LogP) is 0.716. The minimum Gasteiger partial charge on any atom is -0.397 e. The molecule has 7 nitrogen and oxygen atoms in total. The van der Waals surface area contributed by atoms with Gasteiger partial charge in [0, 0.05) is 52.4 Å². The highest BCUT2D eigenvalue weighted by molar-refractivity contribution is 5.89. The van der Waals surface area contributed by atoms with Crippen molar-refractivity contribution in [2.75, 3.05) is 82.0 Å². The van der Waals surface area contributed by atoms with Gasteiger partial charge in [-0.3, -0.25) is 0 Å². The molecule has 1 aromatic heterocycles. The van der Waals surface area contributed by atoms with Gasteiger partial charge in [-0.05, 0) is 26.2 Å². The highest BCUT2D eigenvalue weighted by Gasteiger charge is 2.25. The van der Waals surface area contributed by atoms with Crippen LogP contribution >= 0.6 is 0 Å². The number of para-hydroxylation sites is 1. The van der Waals surface area contributed by atoms with Gasteiger partial charge in [-0.2, -0.15) is 0 Å². The number of rotatable bonds is 2. The van der Waals surface area contributed by atoms with E-state index in [0.29, 0.717) is 5.69 Å². The summed E-state index contributed by atoms with van der Waals surface area (Å²) in [6.07, 6.45) is 0. The molecular weight excluding hydrogens is 314 g/mol. The van der Waals surface area contributed by atoms with Crippen molar-refractivity contribution in [1.82, 2.24) is 19.8 Å². The Morgan fingerprint density at radius 1 is 0.760 bits per heavy atom. The second-order valence-electron chi connectivity index (χ2n) is 7.17. The van der Waals surface area contributed by atoms with Gasteiger partial charge in [0.2, 0.25) is 0 Å². The molecule has 0 radical (unpaired) electrons. The summed E-state index contributed by atoms with van der Waals surface area (Å²) in [6.45, 7) is 8.13. The molecule has 0 bridgehead atoms. The van der Waals surface area contributed by atoms with Gasteiger partial charge in [0.1, 0.15) is 5.52 Å². The molecule has 2 aliphatic heterocycles. The van der Waals surface area contributed by atoms with E-state index in [1.54, 1.807) is 0 Å². The lowest BCUT2D eigenvalue weighted by Crippen LogP contribution is -2.48. The molecule has 0 amide bonds. The average Bonchev–Trinajstić information content (AvgIpc) is 2.63. The number of piperazine rings is 2. The number of nitrogen functional groups attached to an aromatic ring is 1. The second kappa shape index (κ2) is 6.65. The number of nitrogens with zero attached hydrogens (tertiary/aromatic N) is 6. The average molecular weight is 341 g/mol. The van der Waals surface area contributed by atoms with Crippen LogP contribution in [-0.2, 0) is 0 Å². The SMILES string of the molecule is CN1CCN(c2nc3cccc(N)c3nc2N2CCN(C)CC2)CC1. The normalized spacial score (nSPS) is 20.4. The van der Waals surface area contributed by atoms with E-state index in [1.165, 1.54) is 0 Å². The van der Waals surface area contributed by atoms with Crippen LogP contribution in [0.5, 0.6) is 0 Å². The molecule has 2 saturated heterocycles. The third kappa shape index (κ3) is 3.21. The topological polar surface area (TPSA) is 64.8 Å². The number of anilines is 3. The molecule has 2 aliphatic rings. The molecule has 2 fully saturated rings. The number of fused-ring (bicyclic) bond motifs is 1. The van der Waals surface area contributed by atoms with Crippen LogP contribution in [0.3, 0.4) is 0 Å². The fraction of sp³-hybridized carbons (Fsp3) is 0.556. The van der Waals surface area contributed by atoms with Gasteiger partial charge in [-0.1, -0.05) is 6.07 Å². The van der Waals surface area contributed by atoms with Gasteiger partial charge in [0.15, 0.2) is 11.6 Å². The van der Waals surface area contributed by atoms with E-state index in [-0.39, 0.29) is 0 Å². The lowest BCUT2D eigenvalue weighted by Gasteiger charge is -2.38. The summed E-state index contributed by atoms with van der Waals surface area (Å²) in [7, 11) is 4.34. The molecule has 2 aromatic rings. The number of nitrogens with two attached hydrogens (primary N) is 1. The number of aromatic nitrogens is 2. The number of benzene rings is 1. The van der Waals surface area contributed by atoms with Gasteiger partial charge in [0.05, 0.1) is 11.2 Å². The number of hydrogen-bond acceptors (Lipinski definition) is 7. The van der Waals surface area contributed by atoms with Crippen molar-refractivity contribution in [2.45, 2.75) is 0 Å². The fourth-order valence-electron chi connectivity index (χ4n) is 3.54. The summed E-state index contributed by atoms with van der Waals surface area (Å²) < 4.78 is 0. The van der Waals surface area contributed by atoms with Gasteiger partial charge >= 0.3 is 0 Å². The van der Waals surface area contributed by atoms with Crippen LogP contribution in [0.25, 0.3) is 11.0 Å². The smallest absolute Gasteiger partial charge is 0.172 e. The van der Waals surface area contributed by atoms with E-state index in [2.05, 4.69) is 33.7 Å². The third-order valence-corrected chi connectivity index (χ3v) is 5.30. The molecule has 7 heteroatoms. The lowest BCUT2D eigenvalue weighted by atomic mass is 10.2. The Bertz CT molecular complexity index is 746. The van der Waals surface area contributed by atoms with Crippen LogP contribution in [0.15, 0.2) is 18.2 Å². The number of likely N-dealkylation sites (N-methyl/N-ethyl adjacent to an activating group) is 2. The molecular formula is C18H27N7. The summed E-state index contributed by atoms with van der Waals surface area (Å²) in [6, 6.07) is 5.86. The molecule has 1 aromatic carbocycles. The Morgan fingerprint density at radius 3 is 1.84 bits per heavy atom. The second-order valence-corrected chi connectivity index (χ2v) is 7.17. The fourth-order valence-corrected chi connectivity index (χ4v) is 3.54. The van der Waals surface area contributed by atoms with Crippen LogP contribution in [0, 0.1) is 0 Å². The van der Waals surface area contributed by atoms with Crippen LogP contribution in [0.1, 0.15) is 0 Å². The molecule has 0 aliphatic carbocycles. The minimum atomic E-state index is 0.699. The van der Waals surface area contributed by atoms with Gasteiger partial charge < -0.3 is 25.3 Å². The predicted molar refractivity (Wildman–Crippen MR) is 103 cm³/mol. The maximum atomic E-state index is 6.17. The maximum Gasteiger partial charge on any atom is 0.172 e. The first-order chi connectivity index (χ1) is 12.1. The van der Waals surface area contributed by atoms with Crippen molar-refractivity contribution >= 4 is 28.4 Å². The van der Waals surface area contributed by atoms with Crippen molar-refractivity contribution in [2.24, 2.45) is 0 Å². The first-order valence-electron chi connectivity index (χ1n) is 9.05. The van der Waals surface area contributed by atoms with Gasteiger partial charge in [0.25, 0.3) is 0 Å². The maximum absolute atomic E-state index is 6.17. The Morgan fingerprint density at radius 2 is 1.28 bits per heavy atom. The van der Waals surface area contributed by atoms with Crippen molar-refractivity contribution in [1.29, 1.82) is 0 Å². The largest absolute Gasteiger partial charge is 0.397 e. The van der Waals surface area contributed by atoms with E-state index in [0.717, 1.165) is 75.0 Å². The van der Waals surface area contributed by atoms with E-state index < -0.39 is 0 Å².